The first-order valence-corrected chi connectivity index (χ1v) is 10.0. The van der Waals surface area contributed by atoms with Crippen LogP contribution in [0.1, 0.15) is 69.9 Å². The average molecular weight is 382 g/mol. The number of nitrogens with one attached hydrogen (secondary N) is 1. The maximum Gasteiger partial charge on any atom is 0.228 e. The van der Waals surface area contributed by atoms with E-state index in [0.29, 0.717) is 17.7 Å². The summed E-state index contributed by atoms with van der Waals surface area (Å²) < 4.78 is 2.30. The van der Waals surface area contributed by atoms with E-state index in [9.17, 15) is 4.79 Å². The van der Waals surface area contributed by atoms with Gasteiger partial charge in [-0.3, -0.25) is 4.79 Å². The minimum absolute atomic E-state index is 0. The van der Waals surface area contributed by atoms with Crippen molar-refractivity contribution in [3.05, 3.63) is 11.6 Å². The lowest BCUT2D eigenvalue weighted by Gasteiger charge is -2.46. The zero-order valence-corrected chi connectivity index (χ0v) is 16.9. The Labute approximate surface area is 162 Å². The van der Waals surface area contributed by atoms with Crippen molar-refractivity contribution in [1.82, 2.24) is 25.0 Å². The lowest BCUT2D eigenvalue weighted by Crippen LogP contribution is -2.50. The van der Waals surface area contributed by atoms with Crippen molar-refractivity contribution in [3.63, 3.8) is 0 Å². The van der Waals surface area contributed by atoms with Crippen LogP contribution in [-0.2, 0) is 17.9 Å². The zero-order chi connectivity index (χ0) is 17.4. The quantitative estimate of drug-likeness (QED) is 0.870. The molecule has 0 atom stereocenters. The molecule has 0 spiro atoms. The van der Waals surface area contributed by atoms with E-state index in [1.54, 1.807) is 0 Å². The van der Waals surface area contributed by atoms with Gasteiger partial charge in [0, 0.05) is 37.5 Å². The van der Waals surface area contributed by atoms with Crippen molar-refractivity contribution in [2.75, 3.05) is 19.6 Å². The first kappa shape index (κ1) is 19.6. The molecule has 4 rings (SSSR count). The number of hydrogen-bond donors (Lipinski definition) is 1. The number of fused-ring (bicyclic) bond motifs is 1. The van der Waals surface area contributed by atoms with Crippen LogP contribution in [0.15, 0.2) is 0 Å². The Kier molecular flexibility index (Phi) is 5.92. The molecule has 2 fully saturated rings. The second-order valence-electron chi connectivity index (χ2n) is 8.60. The molecule has 7 heteroatoms. The second-order valence-corrected chi connectivity index (χ2v) is 8.60. The van der Waals surface area contributed by atoms with E-state index < -0.39 is 0 Å². The minimum Gasteiger partial charge on any atom is -0.342 e. The van der Waals surface area contributed by atoms with Gasteiger partial charge in [0.25, 0.3) is 0 Å². The molecule has 0 unspecified atom stereocenters. The summed E-state index contributed by atoms with van der Waals surface area (Å²) in [5.74, 6) is 3.68. The molecule has 1 aromatic heterocycles. The lowest BCUT2D eigenvalue weighted by atomic mass is 9.63. The van der Waals surface area contributed by atoms with Crippen LogP contribution in [0.5, 0.6) is 0 Å². The standard InChI is InChI=1S/C19H31N5O.ClH/c1-14(2)12-19(6-3-7-19)18(25)23-9-4-15(5-10-23)17-22-21-16-13-20-8-11-24(16)17;/h14-15,20H,3-13H2,1-2H3;1H. The van der Waals surface area contributed by atoms with Gasteiger partial charge in [-0.2, -0.15) is 0 Å². The van der Waals surface area contributed by atoms with Crippen molar-refractivity contribution in [2.24, 2.45) is 11.3 Å². The van der Waals surface area contributed by atoms with E-state index in [-0.39, 0.29) is 17.8 Å². The number of hydrogen-bond acceptors (Lipinski definition) is 4. The van der Waals surface area contributed by atoms with Crippen LogP contribution in [0.3, 0.4) is 0 Å². The van der Waals surface area contributed by atoms with Gasteiger partial charge in [0.15, 0.2) is 0 Å². The highest BCUT2D eigenvalue weighted by atomic mass is 35.5. The largest absolute Gasteiger partial charge is 0.342 e. The van der Waals surface area contributed by atoms with Gasteiger partial charge in [0.1, 0.15) is 11.6 Å². The average Bonchev–Trinajstić information content (AvgIpc) is 3.01. The molecule has 2 aliphatic heterocycles. The van der Waals surface area contributed by atoms with E-state index in [4.69, 9.17) is 0 Å². The number of nitrogens with zero attached hydrogens (tertiary/aromatic N) is 4. The summed E-state index contributed by atoms with van der Waals surface area (Å²) in [6, 6.07) is 0. The molecule has 1 N–H and O–H groups in total. The highest BCUT2D eigenvalue weighted by Crippen LogP contribution is 2.48. The molecule has 6 nitrogen and oxygen atoms in total. The third-order valence-electron chi connectivity index (χ3n) is 6.36. The van der Waals surface area contributed by atoms with E-state index in [2.05, 4.69) is 38.8 Å². The van der Waals surface area contributed by atoms with Gasteiger partial charge in [0.2, 0.25) is 5.91 Å². The Hall–Kier alpha value is -1.14. The van der Waals surface area contributed by atoms with E-state index in [0.717, 1.165) is 76.5 Å². The molecule has 0 radical (unpaired) electrons. The monoisotopic (exact) mass is 381 g/mol. The van der Waals surface area contributed by atoms with Crippen molar-refractivity contribution in [2.45, 2.75) is 71.4 Å². The number of aromatic nitrogens is 3. The summed E-state index contributed by atoms with van der Waals surface area (Å²) in [5.41, 5.74) is -0.0410. The number of amides is 1. The molecule has 26 heavy (non-hydrogen) atoms. The first-order valence-electron chi connectivity index (χ1n) is 10.0. The Morgan fingerprint density at radius 3 is 2.58 bits per heavy atom. The second kappa shape index (κ2) is 7.85. The van der Waals surface area contributed by atoms with Crippen LogP contribution in [0.4, 0.5) is 0 Å². The van der Waals surface area contributed by atoms with Crippen molar-refractivity contribution in [1.29, 1.82) is 0 Å². The van der Waals surface area contributed by atoms with Crippen molar-refractivity contribution >= 4 is 18.3 Å². The molecule has 146 valence electrons. The SMILES string of the molecule is CC(C)CC1(C(=O)N2CCC(c3nnc4n3CCNC4)CC2)CCC1.Cl. The normalized spacial score (nSPS) is 22.5. The number of likely N-dealkylation sites (tertiary alicyclic amines) is 1. The van der Waals surface area contributed by atoms with E-state index in [1.807, 2.05) is 0 Å². The Morgan fingerprint density at radius 2 is 1.96 bits per heavy atom. The Balaban J connectivity index is 0.00000196. The fraction of sp³-hybridized carbons (Fsp3) is 0.842. The Morgan fingerprint density at radius 1 is 1.23 bits per heavy atom. The van der Waals surface area contributed by atoms with Crippen LogP contribution in [-0.4, -0.2) is 45.2 Å². The molecule has 3 heterocycles. The van der Waals surface area contributed by atoms with Gasteiger partial charge >= 0.3 is 0 Å². The van der Waals surface area contributed by atoms with Gasteiger partial charge in [-0.15, -0.1) is 22.6 Å². The molecular formula is C19H32ClN5O. The molecular weight excluding hydrogens is 350 g/mol. The topological polar surface area (TPSA) is 63.1 Å². The third kappa shape index (κ3) is 3.50. The summed E-state index contributed by atoms with van der Waals surface area (Å²) in [5, 5.41) is 12.2. The van der Waals surface area contributed by atoms with Crippen LogP contribution in [0.25, 0.3) is 0 Å². The lowest BCUT2D eigenvalue weighted by molar-refractivity contribution is -0.150. The fourth-order valence-corrected chi connectivity index (χ4v) is 4.98. The predicted octanol–water partition coefficient (Wildman–Crippen LogP) is 2.73. The van der Waals surface area contributed by atoms with Crippen LogP contribution < -0.4 is 5.32 Å². The zero-order valence-electron chi connectivity index (χ0n) is 16.0. The summed E-state index contributed by atoms with van der Waals surface area (Å²) in [6.45, 7) is 9.02. The van der Waals surface area contributed by atoms with Gasteiger partial charge < -0.3 is 14.8 Å². The van der Waals surface area contributed by atoms with Gasteiger partial charge in [-0.05, 0) is 38.0 Å². The van der Waals surface area contributed by atoms with Crippen LogP contribution in [0.2, 0.25) is 0 Å². The predicted molar refractivity (Wildman–Crippen MR) is 103 cm³/mol. The Bertz CT molecular complexity index is 632. The fourth-order valence-electron chi connectivity index (χ4n) is 4.98. The van der Waals surface area contributed by atoms with Gasteiger partial charge in [-0.25, -0.2) is 0 Å². The molecule has 1 saturated carbocycles. The third-order valence-corrected chi connectivity index (χ3v) is 6.36. The molecule has 1 amide bonds. The number of carbonyl (C=O) groups is 1. The van der Waals surface area contributed by atoms with E-state index >= 15 is 0 Å². The molecule has 3 aliphatic rings. The van der Waals surface area contributed by atoms with Crippen LogP contribution in [0, 0.1) is 11.3 Å². The first-order chi connectivity index (χ1) is 12.1. The smallest absolute Gasteiger partial charge is 0.228 e. The highest BCUT2D eigenvalue weighted by Gasteiger charge is 2.46. The maximum absolute atomic E-state index is 13.1. The molecule has 0 aromatic carbocycles. The molecule has 1 aromatic rings. The number of piperidine rings is 1. The van der Waals surface area contributed by atoms with Gasteiger partial charge in [-0.1, -0.05) is 20.3 Å². The van der Waals surface area contributed by atoms with E-state index in [1.165, 1.54) is 6.42 Å². The number of rotatable bonds is 4. The molecule has 1 aliphatic carbocycles. The summed E-state index contributed by atoms with van der Waals surface area (Å²) in [7, 11) is 0. The minimum atomic E-state index is -0.0410. The summed E-state index contributed by atoms with van der Waals surface area (Å²) in [6.07, 6.45) is 6.50. The van der Waals surface area contributed by atoms with Crippen molar-refractivity contribution < 1.29 is 4.79 Å². The van der Waals surface area contributed by atoms with Crippen molar-refractivity contribution in [3.8, 4) is 0 Å². The molecule has 0 bridgehead atoms. The summed E-state index contributed by atoms with van der Waals surface area (Å²) >= 11 is 0. The van der Waals surface area contributed by atoms with Crippen LogP contribution >= 0.6 is 12.4 Å². The summed E-state index contributed by atoms with van der Waals surface area (Å²) in [4.78, 5) is 15.3. The number of carbonyl (C=O) groups excluding carboxylic acids is 1. The number of halogens is 1. The highest BCUT2D eigenvalue weighted by molar-refractivity contribution is 5.85. The van der Waals surface area contributed by atoms with Gasteiger partial charge in [0.05, 0.1) is 6.54 Å². The molecule has 1 saturated heterocycles. The maximum atomic E-state index is 13.1.